The minimum Gasteiger partial charge on any atom is -0.339 e. The SMILES string of the molecule is CC(=O)N1CCN(c2nc3c(c(N(C)c4cc(C(C)(C)C)[nH]n4)n2)CN(C(C)C)C3=O)CC1. The molecule has 33 heavy (non-hydrogen) atoms. The molecule has 10 heteroatoms. The second kappa shape index (κ2) is 8.31. The van der Waals surface area contributed by atoms with Gasteiger partial charge in [-0.05, 0) is 13.8 Å². The summed E-state index contributed by atoms with van der Waals surface area (Å²) in [7, 11) is 1.92. The van der Waals surface area contributed by atoms with E-state index < -0.39 is 0 Å². The number of rotatable bonds is 4. The van der Waals surface area contributed by atoms with Crippen LogP contribution in [0.15, 0.2) is 6.07 Å². The number of fused-ring (bicyclic) bond motifs is 1. The molecular formula is C23H34N8O2. The molecule has 2 aliphatic rings. The molecule has 2 aromatic rings. The van der Waals surface area contributed by atoms with Crippen molar-refractivity contribution in [1.29, 1.82) is 0 Å². The lowest BCUT2D eigenvalue weighted by Crippen LogP contribution is -2.48. The number of hydrogen-bond donors (Lipinski definition) is 1. The maximum absolute atomic E-state index is 13.2. The van der Waals surface area contributed by atoms with Gasteiger partial charge in [0.2, 0.25) is 11.9 Å². The van der Waals surface area contributed by atoms with E-state index in [0.29, 0.717) is 50.2 Å². The van der Waals surface area contributed by atoms with Crippen LogP contribution in [0.25, 0.3) is 0 Å². The molecule has 0 atom stereocenters. The first kappa shape index (κ1) is 23.0. The lowest BCUT2D eigenvalue weighted by molar-refractivity contribution is -0.129. The number of H-pyrrole nitrogens is 1. The van der Waals surface area contributed by atoms with Crippen LogP contribution in [0.2, 0.25) is 0 Å². The van der Waals surface area contributed by atoms with E-state index in [-0.39, 0.29) is 23.3 Å². The summed E-state index contributed by atoms with van der Waals surface area (Å²) in [6.45, 7) is 14.9. The lowest BCUT2D eigenvalue weighted by Gasteiger charge is -2.34. The molecule has 0 bridgehead atoms. The van der Waals surface area contributed by atoms with Crippen LogP contribution in [0.5, 0.6) is 0 Å². The highest BCUT2D eigenvalue weighted by Gasteiger charge is 2.36. The third-order valence-electron chi connectivity index (χ3n) is 6.43. The highest BCUT2D eigenvalue weighted by Crippen LogP contribution is 2.35. The predicted octanol–water partition coefficient (Wildman–Crippen LogP) is 2.30. The van der Waals surface area contributed by atoms with E-state index in [0.717, 1.165) is 17.1 Å². The molecule has 2 aliphatic heterocycles. The molecule has 1 N–H and O–H groups in total. The maximum atomic E-state index is 13.2. The van der Waals surface area contributed by atoms with Gasteiger partial charge in [-0.2, -0.15) is 10.1 Å². The van der Waals surface area contributed by atoms with Gasteiger partial charge in [0, 0.05) is 68.9 Å². The number of hydrogen-bond acceptors (Lipinski definition) is 7. The fourth-order valence-electron chi connectivity index (χ4n) is 4.19. The van der Waals surface area contributed by atoms with Crippen molar-refractivity contribution in [2.75, 3.05) is 43.0 Å². The number of carbonyl (C=O) groups is 2. The molecule has 0 saturated carbocycles. The number of aromatic amines is 1. The third-order valence-corrected chi connectivity index (χ3v) is 6.43. The summed E-state index contributed by atoms with van der Waals surface area (Å²) < 4.78 is 0. The zero-order chi connectivity index (χ0) is 24.1. The van der Waals surface area contributed by atoms with E-state index in [1.165, 1.54) is 0 Å². The van der Waals surface area contributed by atoms with E-state index in [1.54, 1.807) is 6.92 Å². The van der Waals surface area contributed by atoms with E-state index in [1.807, 2.05) is 46.6 Å². The van der Waals surface area contributed by atoms with Gasteiger partial charge in [0.1, 0.15) is 11.5 Å². The fourth-order valence-corrected chi connectivity index (χ4v) is 4.19. The van der Waals surface area contributed by atoms with Crippen LogP contribution in [-0.2, 0) is 16.8 Å². The van der Waals surface area contributed by atoms with Gasteiger partial charge < -0.3 is 19.6 Å². The summed E-state index contributed by atoms with van der Waals surface area (Å²) in [5.74, 6) is 1.94. The van der Waals surface area contributed by atoms with Gasteiger partial charge >= 0.3 is 0 Å². The Hall–Kier alpha value is -3.17. The fraction of sp³-hybridized carbons (Fsp3) is 0.609. The summed E-state index contributed by atoms with van der Waals surface area (Å²) in [6, 6.07) is 2.09. The molecule has 0 radical (unpaired) electrons. The Morgan fingerprint density at radius 2 is 1.82 bits per heavy atom. The van der Waals surface area contributed by atoms with Gasteiger partial charge in [-0.1, -0.05) is 20.8 Å². The van der Waals surface area contributed by atoms with E-state index >= 15 is 0 Å². The Kier molecular flexibility index (Phi) is 5.79. The van der Waals surface area contributed by atoms with Crippen LogP contribution < -0.4 is 9.80 Å². The monoisotopic (exact) mass is 454 g/mol. The van der Waals surface area contributed by atoms with E-state index in [9.17, 15) is 9.59 Å². The molecule has 0 aliphatic carbocycles. The van der Waals surface area contributed by atoms with Gasteiger partial charge in [-0.25, -0.2) is 4.98 Å². The summed E-state index contributed by atoms with van der Waals surface area (Å²) >= 11 is 0. The first-order chi connectivity index (χ1) is 15.5. The molecule has 178 valence electrons. The molecule has 10 nitrogen and oxygen atoms in total. The highest BCUT2D eigenvalue weighted by molar-refractivity contribution is 5.98. The topological polar surface area (TPSA) is 102 Å². The summed E-state index contributed by atoms with van der Waals surface area (Å²) in [5.41, 5.74) is 2.24. The van der Waals surface area contributed by atoms with Crippen LogP contribution in [0, 0.1) is 0 Å². The molecule has 4 rings (SSSR count). The maximum Gasteiger partial charge on any atom is 0.273 e. The average Bonchev–Trinajstić information content (AvgIpc) is 3.38. The van der Waals surface area contributed by atoms with Crippen molar-refractivity contribution in [1.82, 2.24) is 30.0 Å². The van der Waals surface area contributed by atoms with Gasteiger partial charge in [0.15, 0.2) is 5.82 Å². The van der Waals surface area contributed by atoms with Crippen LogP contribution in [0.3, 0.4) is 0 Å². The number of piperazine rings is 1. The van der Waals surface area contributed by atoms with Crippen LogP contribution in [0.1, 0.15) is 63.3 Å². The second-order valence-electron chi connectivity index (χ2n) is 10.1. The molecular weight excluding hydrogens is 420 g/mol. The number of carbonyl (C=O) groups excluding carboxylic acids is 2. The Balaban J connectivity index is 1.73. The Bertz CT molecular complexity index is 1060. The first-order valence-electron chi connectivity index (χ1n) is 11.5. The number of nitrogens with one attached hydrogen (secondary N) is 1. The minimum atomic E-state index is -0.0712. The quantitative estimate of drug-likeness (QED) is 0.756. The minimum absolute atomic E-state index is 0.0605. The van der Waals surface area contributed by atoms with Crippen LogP contribution in [-0.4, -0.2) is 81.0 Å². The largest absolute Gasteiger partial charge is 0.339 e. The van der Waals surface area contributed by atoms with Gasteiger partial charge in [-0.3, -0.25) is 14.7 Å². The van der Waals surface area contributed by atoms with Gasteiger partial charge in [-0.15, -0.1) is 0 Å². The highest BCUT2D eigenvalue weighted by atomic mass is 16.2. The van der Waals surface area contributed by atoms with Crippen molar-refractivity contribution < 1.29 is 9.59 Å². The van der Waals surface area contributed by atoms with E-state index in [2.05, 4.69) is 31.0 Å². The Labute approximate surface area is 195 Å². The summed E-state index contributed by atoms with van der Waals surface area (Å²) in [5, 5.41) is 7.65. The van der Waals surface area contributed by atoms with Crippen molar-refractivity contribution in [3.63, 3.8) is 0 Å². The van der Waals surface area contributed by atoms with Crippen molar-refractivity contribution >= 4 is 29.4 Å². The van der Waals surface area contributed by atoms with Crippen LogP contribution >= 0.6 is 0 Å². The van der Waals surface area contributed by atoms with Crippen molar-refractivity contribution in [3.05, 3.63) is 23.0 Å². The molecule has 2 amide bonds. The Morgan fingerprint density at radius 3 is 2.36 bits per heavy atom. The molecule has 0 unspecified atom stereocenters. The number of nitrogens with zero attached hydrogens (tertiary/aromatic N) is 7. The number of amides is 2. The Morgan fingerprint density at radius 1 is 1.15 bits per heavy atom. The molecule has 2 aromatic heterocycles. The van der Waals surface area contributed by atoms with Crippen molar-refractivity contribution in [2.45, 2.75) is 59.5 Å². The second-order valence-corrected chi connectivity index (χ2v) is 10.1. The summed E-state index contributed by atoms with van der Waals surface area (Å²) in [4.78, 5) is 42.1. The van der Waals surface area contributed by atoms with Crippen LogP contribution in [0.4, 0.5) is 17.6 Å². The predicted molar refractivity (Wildman–Crippen MR) is 127 cm³/mol. The summed E-state index contributed by atoms with van der Waals surface area (Å²) in [6.07, 6.45) is 0. The number of aromatic nitrogens is 4. The molecule has 0 spiro atoms. The zero-order valence-corrected chi connectivity index (χ0v) is 20.6. The van der Waals surface area contributed by atoms with Crippen molar-refractivity contribution in [3.8, 4) is 0 Å². The normalized spacial score (nSPS) is 16.6. The molecule has 1 fully saturated rings. The third kappa shape index (κ3) is 4.26. The smallest absolute Gasteiger partial charge is 0.273 e. The molecule has 4 heterocycles. The van der Waals surface area contributed by atoms with Crippen molar-refractivity contribution in [2.24, 2.45) is 0 Å². The van der Waals surface area contributed by atoms with Gasteiger partial charge in [0.05, 0.1) is 6.54 Å². The average molecular weight is 455 g/mol. The van der Waals surface area contributed by atoms with E-state index in [4.69, 9.17) is 9.97 Å². The van der Waals surface area contributed by atoms with Gasteiger partial charge in [0.25, 0.3) is 5.91 Å². The standard InChI is InChI=1S/C23H34N8O2/c1-14(2)31-13-16-19(21(31)33)24-22(30-10-8-29(9-11-30)15(3)32)25-20(16)28(7)18-12-17(26-27-18)23(4,5)6/h12,14H,8-11,13H2,1-7H3,(H,26,27). The zero-order valence-electron chi connectivity index (χ0n) is 20.6. The molecule has 0 aromatic carbocycles. The molecule has 1 saturated heterocycles. The first-order valence-corrected chi connectivity index (χ1v) is 11.5. The number of anilines is 3. The lowest BCUT2D eigenvalue weighted by atomic mass is 9.92.